The van der Waals surface area contributed by atoms with Gasteiger partial charge in [-0.15, -0.1) is 0 Å². The molecule has 0 amide bonds. The molecule has 0 saturated heterocycles. The van der Waals surface area contributed by atoms with Crippen LogP contribution in [0.5, 0.6) is 0 Å². The smallest absolute Gasteiger partial charge is 0.163 e. The number of nitriles is 1. The lowest BCUT2D eigenvalue weighted by molar-refractivity contribution is 0.693. The van der Waals surface area contributed by atoms with Crippen LogP contribution in [0.2, 0.25) is 0 Å². The van der Waals surface area contributed by atoms with Crippen molar-refractivity contribution in [2.45, 2.75) is 19.4 Å². The van der Waals surface area contributed by atoms with Crippen molar-refractivity contribution >= 4 is 11.6 Å². The largest absolute Gasteiger partial charge is 0.384 e. The molecule has 0 aliphatic rings. The molecule has 0 bridgehead atoms. The van der Waals surface area contributed by atoms with Crippen LogP contribution in [0.25, 0.3) is 11.4 Å². The summed E-state index contributed by atoms with van der Waals surface area (Å²) in [5.41, 5.74) is 6.78. The summed E-state index contributed by atoms with van der Waals surface area (Å²) in [5, 5.41) is 8.79. The Balaban J connectivity index is 2.37. The Morgan fingerprint density at radius 1 is 1.30 bits per heavy atom. The molecule has 20 heavy (non-hydrogen) atoms. The predicted octanol–water partition coefficient (Wildman–Crippen LogP) is 2.46. The van der Waals surface area contributed by atoms with E-state index in [2.05, 4.69) is 16.0 Å². The van der Waals surface area contributed by atoms with Crippen molar-refractivity contribution < 1.29 is 0 Å². The molecule has 0 fully saturated rings. The summed E-state index contributed by atoms with van der Waals surface area (Å²) in [6.45, 7) is 1.98. The molecule has 2 rings (SSSR count). The summed E-state index contributed by atoms with van der Waals surface area (Å²) in [4.78, 5) is 10.7. The van der Waals surface area contributed by atoms with Gasteiger partial charge in [0.25, 0.3) is 0 Å². The molecule has 1 atom stereocenters. The van der Waals surface area contributed by atoms with E-state index in [1.54, 1.807) is 6.07 Å². The Kier molecular flexibility index (Phi) is 4.16. The first kappa shape index (κ1) is 13.8. The molecule has 5 heteroatoms. The fraction of sp³-hybridized carbons (Fsp3) is 0.267. The maximum atomic E-state index is 8.79. The van der Waals surface area contributed by atoms with Crippen LogP contribution >= 0.6 is 0 Å². The molecule has 5 nitrogen and oxygen atoms in total. The van der Waals surface area contributed by atoms with Gasteiger partial charge in [0, 0.05) is 24.7 Å². The minimum atomic E-state index is 0.0675. The van der Waals surface area contributed by atoms with E-state index in [1.165, 1.54) is 0 Å². The quantitative estimate of drug-likeness (QED) is 0.920. The van der Waals surface area contributed by atoms with E-state index in [9.17, 15) is 0 Å². The third-order valence-corrected chi connectivity index (χ3v) is 3.17. The van der Waals surface area contributed by atoms with Crippen LogP contribution in [-0.2, 0) is 0 Å². The molecule has 2 N–H and O–H groups in total. The van der Waals surface area contributed by atoms with Gasteiger partial charge in [-0.3, -0.25) is 0 Å². The highest BCUT2D eigenvalue weighted by Crippen LogP contribution is 2.22. The van der Waals surface area contributed by atoms with Crippen molar-refractivity contribution in [2.24, 2.45) is 0 Å². The Hall–Kier alpha value is -2.61. The lowest BCUT2D eigenvalue weighted by Crippen LogP contribution is -2.29. The molecule has 0 saturated carbocycles. The molecule has 0 aliphatic carbocycles. The van der Waals surface area contributed by atoms with Gasteiger partial charge in [0.1, 0.15) is 11.6 Å². The summed E-state index contributed by atoms with van der Waals surface area (Å²) >= 11 is 0. The van der Waals surface area contributed by atoms with E-state index in [0.717, 1.165) is 11.4 Å². The maximum absolute atomic E-state index is 8.79. The van der Waals surface area contributed by atoms with Crippen molar-refractivity contribution in [1.29, 1.82) is 5.26 Å². The zero-order valence-corrected chi connectivity index (χ0v) is 11.6. The van der Waals surface area contributed by atoms with Gasteiger partial charge in [-0.1, -0.05) is 30.3 Å². The second-order valence-corrected chi connectivity index (χ2v) is 4.66. The highest BCUT2D eigenvalue weighted by Gasteiger charge is 2.13. The number of anilines is 2. The first-order chi connectivity index (χ1) is 9.61. The summed E-state index contributed by atoms with van der Waals surface area (Å²) in [7, 11) is 1.90. The number of benzene rings is 1. The minimum Gasteiger partial charge on any atom is -0.384 e. The Morgan fingerprint density at radius 3 is 2.65 bits per heavy atom. The summed E-state index contributed by atoms with van der Waals surface area (Å²) in [6.07, 6.45) is 0.432. The van der Waals surface area contributed by atoms with Crippen LogP contribution in [0, 0.1) is 11.3 Å². The van der Waals surface area contributed by atoms with Gasteiger partial charge in [0.2, 0.25) is 0 Å². The topological polar surface area (TPSA) is 78.8 Å². The second-order valence-electron chi connectivity index (χ2n) is 4.66. The fourth-order valence-electron chi connectivity index (χ4n) is 1.84. The zero-order chi connectivity index (χ0) is 14.5. The Bertz CT molecular complexity index is 618. The first-order valence-corrected chi connectivity index (χ1v) is 6.41. The first-order valence-electron chi connectivity index (χ1n) is 6.41. The third-order valence-electron chi connectivity index (χ3n) is 3.17. The number of nitrogens with zero attached hydrogens (tertiary/aromatic N) is 4. The van der Waals surface area contributed by atoms with Gasteiger partial charge >= 0.3 is 0 Å². The van der Waals surface area contributed by atoms with Gasteiger partial charge in [-0.05, 0) is 6.92 Å². The van der Waals surface area contributed by atoms with Crippen LogP contribution in [0.3, 0.4) is 0 Å². The number of aromatic nitrogens is 2. The van der Waals surface area contributed by atoms with Crippen LogP contribution in [0.15, 0.2) is 36.4 Å². The van der Waals surface area contributed by atoms with E-state index in [-0.39, 0.29) is 6.04 Å². The molecule has 0 spiro atoms. The number of hydrogen-bond acceptors (Lipinski definition) is 5. The summed E-state index contributed by atoms with van der Waals surface area (Å²) in [6, 6.07) is 13.6. The number of hydrogen-bond donors (Lipinski definition) is 1. The number of nitrogen functional groups attached to an aromatic ring is 1. The van der Waals surface area contributed by atoms with Crippen molar-refractivity contribution in [1.82, 2.24) is 9.97 Å². The Morgan fingerprint density at radius 2 is 2.00 bits per heavy atom. The molecule has 0 radical (unpaired) electrons. The van der Waals surface area contributed by atoms with E-state index in [4.69, 9.17) is 11.0 Å². The van der Waals surface area contributed by atoms with E-state index in [1.807, 2.05) is 49.2 Å². The molecular formula is C15H17N5. The molecule has 2 aromatic rings. The van der Waals surface area contributed by atoms with Gasteiger partial charge in [0.05, 0.1) is 12.5 Å². The monoisotopic (exact) mass is 267 g/mol. The zero-order valence-electron chi connectivity index (χ0n) is 11.6. The molecule has 1 aromatic carbocycles. The molecule has 1 aromatic heterocycles. The van der Waals surface area contributed by atoms with Crippen LogP contribution in [0.4, 0.5) is 11.6 Å². The van der Waals surface area contributed by atoms with Gasteiger partial charge < -0.3 is 10.6 Å². The normalized spacial score (nSPS) is 11.7. The SMILES string of the molecule is CC(CC#N)N(C)c1cc(N)nc(-c2ccccc2)n1. The minimum absolute atomic E-state index is 0.0675. The fourth-order valence-corrected chi connectivity index (χ4v) is 1.84. The average Bonchev–Trinajstić information content (AvgIpc) is 2.47. The van der Waals surface area contributed by atoms with Crippen LogP contribution in [-0.4, -0.2) is 23.1 Å². The van der Waals surface area contributed by atoms with Crippen molar-refractivity contribution in [3.05, 3.63) is 36.4 Å². The molecular weight excluding hydrogens is 250 g/mol. The highest BCUT2D eigenvalue weighted by atomic mass is 15.2. The standard InChI is InChI=1S/C15H17N5/c1-11(8-9-16)20(2)14-10-13(17)18-15(19-14)12-6-4-3-5-7-12/h3-7,10-11H,8H2,1-2H3,(H2,17,18,19). The maximum Gasteiger partial charge on any atom is 0.163 e. The van der Waals surface area contributed by atoms with Crippen molar-refractivity contribution in [3.8, 4) is 17.5 Å². The third kappa shape index (κ3) is 3.04. The number of nitrogens with two attached hydrogens (primary N) is 1. The second kappa shape index (κ2) is 6.02. The molecule has 1 heterocycles. The van der Waals surface area contributed by atoms with Gasteiger partial charge in [0.15, 0.2) is 5.82 Å². The Labute approximate surface area is 118 Å². The lowest BCUT2D eigenvalue weighted by Gasteiger charge is -2.24. The van der Waals surface area contributed by atoms with Crippen LogP contribution < -0.4 is 10.6 Å². The summed E-state index contributed by atoms with van der Waals surface area (Å²) in [5.74, 6) is 1.74. The van der Waals surface area contributed by atoms with Crippen molar-refractivity contribution in [3.63, 3.8) is 0 Å². The average molecular weight is 267 g/mol. The van der Waals surface area contributed by atoms with Crippen molar-refractivity contribution in [2.75, 3.05) is 17.7 Å². The van der Waals surface area contributed by atoms with E-state index < -0.39 is 0 Å². The number of rotatable bonds is 4. The van der Waals surface area contributed by atoms with E-state index in [0.29, 0.717) is 18.1 Å². The van der Waals surface area contributed by atoms with Gasteiger partial charge in [-0.2, -0.15) is 5.26 Å². The summed E-state index contributed by atoms with van der Waals surface area (Å²) < 4.78 is 0. The van der Waals surface area contributed by atoms with Gasteiger partial charge in [-0.25, -0.2) is 9.97 Å². The lowest BCUT2D eigenvalue weighted by atomic mass is 10.2. The molecule has 1 unspecified atom stereocenters. The molecule has 102 valence electrons. The van der Waals surface area contributed by atoms with E-state index >= 15 is 0 Å². The predicted molar refractivity (Wildman–Crippen MR) is 80.0 cm³/mol. The van der Waals surface area contributed by atoms with Crippen LogP contribution in [0.1, 0.15) is 13.3 Å². The molecule has 0 aliphatic heterocycles. The highest BCUT2D eigenvalue weighted by molar-refractivity contribution is 5.60.